The molecule has 0 heterocycles. The minimum absolute atomic E-state index is 0.106. The Kier molecular flexibility index (Phi) is 60.2. The summed E-state index contributed by atoms with van der Waals surface area (Å²) in [5.74, 6) is -1.34. The third-order valence-electron chi connectivity index (χ3n) is 15.8. The highest BCUT2D eigenvalue weighted by atomic mass is 31.2. The van der Waals surface area contributed by atoms with E-state index in [9.17, 15) is 43.2 Å². The molecule has 516 valence electrons. The number of ether oxygens (including phenoxy) is 4. The second-order valence-corrected chi connectivity index (χ2v) is 27.9. The average molecular weight is 1280 g/mol. The average Bonchev–Trinajstić information content (AvgIpc) is 3.58. The van der Waals surface area contributed by atoms with E-state index in [0.29, 0.717) is 25.7 Å². The molecule has 0 radical (unpaired) electrons. The smallest absolute Gasteiger partial charge is 0.462 e. The van der Waals surface area contributed by atoms with Gasteiger partial charge in [0.1, 0.15) is 19.3 Å². The molecule has 0 spiro atoms. The van der Waals surface area contributed by atoms with Crippen LogP contribution in [0.4, 0.5) is 0 Å². The number of carbonyl (C=O) groups is 4. The van der Waals surface area contributed by atoms with Gasteiger partial charge in [0.15, 0.2) is 12.2 Å². The van der Waals surface area contributed by atoms with Crippen molar-refractivity contribution >= 4 is 39.5 Å². The van der Waals surface area contributed by atoms with Crippen molar-refractivity contribution in [2.24, 2.45) is 5.92 Å². The highest BCUT2D eigenvalue weighted by molar-refractivity contribution is 7.47. The molecule has 0 aromatic rings. The molecule has 17 nitrogen and oxygen atoms in total. The Morgan fingerprint density at radius 2 is 0.529 bits per heavy atom. The molecular weight excluding hydrogens is 1150 g/mol. The number of phosphoric acid groups is 2. The van der Waals surface area contributed by atoms with Gasteiger partial charge in [-0.25, -0.2) is 9.13 Å². The lowest BCUT2D eigenvalue weighted by Crippen LogP contribution is -2.30. The van der Waals surface area contributed by atoms with E-state index in [4.69, 9.17) is 37.0 Å². The zero-order chi connectivity index (χ0) is 64.2. The monoisotopic (exact) mass is 1280 g/mol. The van der Waals surface area contributed by atoms with Crippen molar-refractivity contribution in [2.45, 2.75) is 368 Å². The van der Waals surface area contributed by atoms with Gasteiger partial charge in [-0.15, -0.1) is 0 Å². The quantitative estimate of drug-likeness (QED) is 0.0222. The largest absolute Gasteiger partial charge is 0.472 e. The van der Waals surface area contributed by atoms with Crippen molar-refractivity contribution in [3.8, 4) is 0 Å². The normalized spacial score (nSPS) is 14.1. The topological polar surface area (TPSA) is 237 Å². The summed E-state index contributed by atoms with van der Waals surface area (Å²) in [6, 6.07) is 0. The van der Waals surface area contributed by atoms with Crippen LogP contribution in [0.5, 0.6) is 0 Å². The Balaban J connectivity index is 5.20. The molecule has 0 aliphatic heterocycles. The van der Waals surface area contributed by atoms with Crippen LogP contribution >= 0.6 is 15.6 Å². The third kappa shape index (κ3) is 62.6. The lowest BCUT2D eigenvalue weighted by molar-refractivity contribution is -0.161. The molecule has 0 amide bonds. The highest BCUT2D eigenvalue weighted by Gasteiger charge is 2.30. The lowest BCUT2D eigenvalue weighted by atomic mass is 10.0. The first-order valence-corrected chi connectivity index (χ1v) is 38.6. The Hall–Kier alpha value is -1.94. The fourth-order valence-electron chi connectivity index (χ4n) is 10.3. The molecule has 0 saturated carbocycles. The summed E-state index contributed by atoms with van der Waals surface area (Å²) >= 11 is 0. The van der Waals surface area contributed by atoms with Crippen molar-refractivity contribution in [3.63, 3.8) is 0 Å². The summed E-state index contributed by atoms with van der Waals surface area (Å²) < 4.78 is 68.1. The molecular formula is C68H132O17P2. The standard InChI is InChI=1S/C68H132O17P2/c1-6-9-12-15-18-21-22-23-26-29-33-37-42-47-52-66(71)79-58-64(85-68(73)54-49-44-39-34-30-27-24-25-28-32-35-40-45-50-61(4)5)60-83-87(76,77)81-56-62(69)55-80-86(74,75)82-59-63(57-78-65(70)51-46-41-36-20-17-14-11-8-3)84-67(72)53-48-43-38-31-19-16-13-10-7-2/h61-64,69H,6-60H2,1-5H3,(H,74,75)(H,76,77)/t62-,63+,64+/m0/s1. The van der Waals surface area contributed by atoms with Gasteiger partial charge in [-0.05, 0) is 31.6 Å². The maximum atomic E-state index is 13.0. The molecule has 0 bridgehead atoms. The minimum Gasteiger partial charge on any atom is -0.462 e. The molecule has 0 rings (SSSR count). The van der Waals surface area contributed by atoms with Gasteiger partial charge in [-0.2, -0.15) is 0 Å². The minimum atomic E-state index is -4.95. The van der Waals surface area contributed by atoms with Crippen LogP contribution in [-0.4, -0.2) is 96.7 Å². The van der Waals surface area contributed by atoms with Crippen molar-refractivity contribution in [1.82, 2.24) is 0 Å². The van der Waals surface area contributed by atoms with Crippen LogP contribution in [0.1, 0.15) is 349 Å². The van der Waals surface area contributed by atoms with E-state index in [-0.39, 0.29) is 25.7 Å². The van der Waals surface area contributed by atoms with Gasteiger partial charge in [-0.1, -0.05) is 298 Å². The molecule has 5 atom stereocenters. The first kappa shape index (κ1) is 85.1. The Morgan fingerprint density at radius 1 is 0.310 bits per heavy atom. The molecule has 3 N–H and O–H groups in total. The predicted octanol–water partition coefficient (Wildman–Crippen LogP) is 19.4. The summed E-state index contributed by atoms with van der Waals surface area (Å²) in [4.78, 5) is 72.3. The second kappa shape index (κ2) is 61.6. The number of phosphoric ester groups is 2. The van der Waals surface area contributed by atoms with E-state index < -0.39 is 97.5 Å². The fourth-order valence-corrected chi connectivity index (χ4v) is 11.9. The zero-order valence-electron chi connectivity index (χ0n) is 56.2. The highest BCUT2D eigenvalue weighted by Crippen LogP contribution is 2.45. The Labute approximate surface area is 530 Å². The Morgan fingerprint density at radius 3 is 0.782 bits per heavy atom. The fraction of sp³-hybridized carbons (Fsp3) is 0.941. The summed E-state index contributed by atoms with van der Waals surface area (Å²) in [6.45, 7) is 7.21. The third-order valence-corrected chi connectivity index (χ3v) is 17.7. The summed E-state index contributed by atoms with van der Waals surface area (Å²) in [6.07, 6.45) is 47.2. The number of aliphatic hydroxyl groups excluding tert-OH is 1. The van der Waals surface area contributed by atoms with E-state index >= 15 is 0 Å². The molecule has 0 aliphatic rings. The van der Waals surface area contributed by atoms with Crippen LogP contribution in [-0.2, 0) is 65.4 Å². The van der Waals surface area contributed by atoms with E-state index in [1.54, 1.807) is 0 Å². The van der Waals surface area contributed by atoms with Crippen LogP contribution in [0.2, 0.25) is 0 Å². The summed E-state index contributed by atoms with van der Waals surface area (Å²) in [7, 11) is -9.89. The van der Waals surface area contributed by atoms with E-state index in [1.807, 2.05) is 0 Å². The number of hydrogen-bond acceptors (Lipinski definition) is 15. The number of esters is 4. The van der Waals surface area contributed by atoms with Crippen LogP contribution in [0.15, 0.2) is 0 Å². The predicted molar refractivity (Wildman–Crippen MR) is 349 cm³/mol. The van der Waals surface area contributed by atoms with E-state index in [0.717, 1.165) is 102 Å². The van der Waals surface area contributed by atoms with Crippen molar-refractivity contribution < 1.29 is 80.2 Å². The first-order valence-electron chi connectivity index (χ1n) is 35.6. The Bertz CT molecular complexity index is 1690. The molecule has 0 aromatic carbocycles. The molecule has 0 saturated heterocycles. The van der Waals surface area contributed by atoms with Crippen molar-refractivity contribution in [2.75, 3.05) is 39.6 Å². The molecule has 2 unspecified atom stereocenters. The number of carbonyl (C=O) groups excluding carboxylic acids is 4. The summed E-state index contributed by atoms with van der Waals surface area (Å²) in [5, 5.41) is 10.6. The maximum Gasteiger partial charge on any atom is 0.472 e. The number of rotatable bonds is 68. The molecule has 0 aromatic heterocycles. The van der Waals surface area contributed by atoms with Crippen LogP contribution in [0.25, 0.3) is 0 Å². The van der Waals surface area contributed by atoms with Crippen molar-refractivity contribution in [3.05, 3.63) is 0 Å². The number of hydrogen-bond donors (Lipinski definition) is 3. The second-order valence-electron chi connectivity index (χ2n) is 25.0. The number of unbranched alkanes of at least 4 members (excludes halogenated alkanes) is 40. The zero-order valence-corrected chi connectivity index (χ0v) is 57.9. The van der Waals surface area contributed by atoms with Gasteiger partial charge in [0.05, 0.1) is 26.4 Å². The molecule has 0 aliphatic carbocycles. The molecule has 87 heavy (non-hydrogen) atoms. The van der Waals surface area contributed by atoms with Gasteiger partial charge in [-0.3, -0.25) is 37.3 Å². The SMILES string of the molecule is CCCCCCCCCCCCCCCCC(=O)OC[C@H](COP(=O)(O)OC[C@@H](O)COP(=O)(O)OC[C@@H](COC(=O)CCCCCCCCCC)OC(=O)CCCCCCCCCCC)OC(=O)CCCCCCCCCCCCCCCC(C)C. The van der Waals surface area contributed by atoms with Gasteiger partial charge in [0, 0.05) is 25.7 Å². The van der Waals surface area contributed by atoms with Crippen LogP contribution in [0.3, 0.4) is 0 Å². The van der Waals surface area contributed by atoms with E-state index in [1.165, 1.54) is 167 Å². The van der Waals surface area contributed by atoms with Gasteiger partial charge in [0.2, 0.25) is 0 Å². The lowest BCUT2D eigenvalue weighted by Gasteiger charge is -2.21. The van der Waals surface area contributed by atoms with Crippen LogP contribution in [0, 0.1) is 5.92 Å². The van der Waals surface area contributed by atoms with Gasteiger partial charge < -0.3 is 33.8 Å². The van der Waals surface area contributed by atoms with Crippen molar-refractivity contribution in [1.29, 1.82) is 0 Å². The van der Waals surface area contributed by atoms with E-state index in [2.05, 4.69) is 34.6 Å². The van der Waals surface area contributed by atoms with Gasteiger partial charge >= 0.3 is 39.5 Å². The summed E-state index contributed by atoms with van der Waals surface area (Å²) in [5.41, 5.74) is 0. The van der Waals surface area contributed by atoms with Crippen LogP contribution < -0.4 is 0 Å². The maximum absolute atomic E-state index is 13.0. The van der Waals surface area contributed by atoms with Gasteiger partial charge in [0.25, 0.3) is 0 Å². The number of aliphatic hydroxyl groups is 1. The molecule has 0 fully saturated rings. The molecule has 19 heteroatoms. The first-order chi connectivity index (χ1) is 42.0.